The van der Waals surface area contributed by atoms with E-state index >= 15 is 0 Å². The van der Waals surface area contributed by atoms with Gasteiger partial charge in [0, 0.05) is 38.7 Å². The number of ether oxygens (including phenoxy) is 2. The van der Waals surface area contributed by atoms with E-state index < -0.39 is 0 Å². The highest BCUT2D eigenvalue weighted by molar-refractivity contribution is 5.92. The molecule has 1 N–H and O–H groups in total. The first kappa shape index (κ1) is 24.1. The average molecular weight is 487 g/mol. The largest absolute Gasteiger partial charge is 0.478 e. The van der Waals surface area contributed by atoms with Crippen LogP contribution in [0, 0.1) is 6.92 Å². The fourth-order valence-electron chi connectivity index (χ4n) is 4.75. The fraction of sp³-hybridized carbons (Fsp3) is 0.379. The number of aromatic nitrogens is 1. The number of hydrogen-bond donors (Lipinski definition) is 1. The van der Waals surface area contributed by atoms with Crippen LogP contribution in [0.4, 0.5) is 11.5 Å². The Bertz CT molecular complexity index is 1180. The third-order valence-electron chi connectivity index (χ3n) is 6.82. The van der Waals surface area contributed by atoms with Gasteiger partial charge in [-0.05, 0) is 68.1 Å². The number of pyridine rings is 1. The summed E-state index contributed by atoms with van der Waals surface area (Å²) in [6.07, 6.45) is 3.32. The van der Waals surface area contributed by atoms with Crippen LogP contribution in [0.3, 0.4) is 0 Å². The molecule has 1 fully saturated rings. The maximum absolute atomic E-state index is 11.6. The number of nitrogens with zero attached hydrogens (tertiary/aromatic N) is 3. The number of amides is 1. The molecule has 1 aromatic heterocycles. The van der Waals surface area contributed by atoms with Gasteiger partial charge in [0.1, 0.15) is 11.6 Å². The molecule has 2 aliphatic rings. The molecule has 7 nitrogen and oxygen atoms in total. The van der Waals surface area contributed by atoms with Crippen LogP contribution in [0.1, 0.15) is 30.4 Å². The van der Waals surface area contributed by atoms with Crippen molar-refractivity contribution in [2.45, 2.75) is 32.6 Å². The number of carbonyl (C=O) groups is 1. The Labute approximate surface area is 213 Å². The highest BCUT2D eigenvalue weighted by Crippen LogP contribution is 2.36. The number of aryl methyl sites for hydroxylation is 2. The van der Waals surface area contributed by atoms with Crippen molar-refractivity contribution in [3.05, 3.63) is 71.8 Å². The number of unbranched alkanes of at least 4 members (excludes halogenated alkanes) is 1. The van der Waals surface area contributed by atoms with Gasteiger partial charge in [-0.3, -0.25) is 9.69 Å². The SMILES string of the molecule is Cc1cccc(N2CCN(CCCCOc3ccc4c(n3)NC(=O)CC4)CC2)c1Oc1ccccc1. The lowest BCUT2D eigenvalue weighted by molar-refractivity contribution is -0.116. The van der Waals surface area contributed by atoms with Crippen molar-refractivity contribution in [1.82, 2.24) is 9.88 Å². The Balaban J connectivity index is 1.06. The van der Waals surface area contributed by atoms with Gasteiger partial charge in [-0.15, -0.1) is 0 Å². The first-order chi connectivity index (χ1) is 17.7. The minimum atomic E-state index is 0.0228. The van der Waals surface area contributed by atoms with Gasteiger partial charge in [0.25, 0.3) is 0 Å². The molecule has 3 aromatic rings. The normalized spacial score (nSPS) is 15.8. The summed E-state index contributed by atoms with van der Waals surface area (Å²) in [5, 5.41) is 2.83. The Morgan fingerprint density at radius 1 is 0.917 bits per heavy atom. The number of hydrogen-bond acceptors (Lipinski definition) is 6. The first-order valence-electron chi connectivity index (χ1n) is 12.9. The van der Waals surface area contributed by atoms with E-state index in [1.807, 2.05) is 42.5 Å². The summed E-state index contributed by atoms with van der Waals surface area (Å²) >= 11 is 0. The molecule has 0 radical (unpaired) electrons. The number of fused-ring (bicyclic) bond motifs is 1. The maximum Gasteiger partial charge on any atom is 0.225 e. The van der Waals surface area contributed by atoms with Crippen LogP contribution < -0.4 is 19.7 Å². The van der Waals surface area contributed by atoms with Gasteiger partial charge in [0.2, 0.25) is 11.8 Å². The molecular formula is C29H34N4O3. The molecule has 1 amide bonds. The van der Waals surface area contributed by atoms with E-state index in [2.05, 4.69) is 45.2 Å². The van der Waals surface area contributed by atoms with E-state index in [-0.39, 0.29) is 5.91 Å². The van der Waals surface area contributed by atoms with Gasteiger partial charge in [0.15, 0.2) is 5.75 Å². The minimum absolute atomic E-state index is 0.0228. The standard InChI is InChI=1S/C29H34N4O3/c1-22-8-7-11-25(28(22)36-24-9-3-2-4-10-24)33-19-17-32(18-20-33)16-5-6-21-35-27-15-13-23-12-14-26(34)30-29(23)31-27/h2-4,7-11,13,15H,5-6,12,14,16-21H2,1H3,(H,30,31,34). The topological polar surface area (TPSA) is 66.9 Å². The molecule has 0 aliphatic carbocycles. The molecule has 0 unspecified atom stereocenters. The van der Waals surface area contributed by atoms with Gasteiger partial charge in [-0.2, -0.15) is 4.98 Å². The second kappa shape index (κ2) is 11.4. The van der Waals surface area contributed by atoms with Crippen LogP contribution in [-0.4, -0.2) is 55.1 Å². The summed E-state index contributed by atoms with van der Waals surface area (Å²) in [5.41, 5.74) is 3.39. The lowest BCUT2D eigenvalue weighted by Crippen LogP contribution is -2.46. The fourth-order valence-corrected chi connectivity index (χ4v) is 4.75. The van der Waals surface area contributed by atoms with Gasteiger partial charge < -0.3 is 19.7 Å². The van der Waals surface area contributed by atoms with E-state index in [4.69, 9.17) is 9.47 Å². The molecule has 5 rings (SSSR count). The predicted molar refractivity (Wildman–Crippen MR) is 142 cm³/mol. The van der Waals surface area contributed by atoms with E-state index in [1.165, 1.54) is 5.69 Å². The van der Waals surface area contributed by atoms with Gasteiger partial charge >= 0.3 is 0 Å². The van der Waals surface area contributed by atoms with Crippen molar-refractivity contribution in [3.63, 3.8) is 0 Å². The highest BCUT2D eigenvalue weighted by Gasteiger charge is 2.21. The number of anilines is 2. The highest BCUT2D eigenvalue weighted by atomic mass is 16.5. The van der Waals surface area contributed by atoms with Crippen LogP contribution in [0.25, 0.3) is 0 Å². The molecule has 2 aromatic carbocycles. The number of rotatable bonds is 9. The first-order valence-corrected chi connectivity index (χ1v) is 12.9. The quantitative estimate of drug-likeness (QED) is 0.427. The number of para-hydroxylation sites is 2. The van der Waals surface area contributed by atoms with Crippen molar-refractivity contribution in [3.8, 4) is 17.4 Å². The molecule has 3 heterocycles. The summed E-state index contributed by atoms with van der Waals surface area (Å²) < 4.78 is 12.1. The molecule has 36 heavy (non-hydrogen) atoms. The van der Waals surface area contributed by atoms with Gasteiger partial charge in [-0.1, -0.05) is 30.3 Å². The predicted octanol–water partition coefficient (Wildman–Crippen LogP) is 5.05. The number of nitrogens with one attached hydrogen (secondary N) is 1. The third kappa shape index (κ3) is 5.97. The zero-order valence-corrected chi connectivity index (χ0v) is 20.9. The van der Waals surface area contributed by atoms with E-state index in [1.54, 1.807) is 0 Å². The average Bonchev–Trinajstić information content (AvgIpc) is 2.90. The second-order valence-electron chi connectivity index (χ2n) is 9.43. The molecule has 0 atom stereocenters. The van der Waals surface area contributed by atoms with Crippen LogP contribution in [0.2, 0.25) is 0 Å². The molecule has 2 aliphatic heterocycles. The molecular weight excluding hydrogens is 452 g/mol. The van der Waals surface area contributed by atoms with Crippen LogP contribution in [-0.2, 0) is 11.2 Å². The van der Waals surface area contributed by atoms with Crippen molar-refractivity contribution < 1.29 is 14.3 Å². The summed E-state index contributed by atoms with van der Waals surface area (Å²) in [6.45, 7) is 7.83. The zero-order chi connectivity index (χ0) is 24.7. The van der Waals surface area contributed by atoms with Crippen LogP contribution >= 0.6 is 0 Å². The smallest absolute Gasteiger partial charge is 0.225 e. The third-order valence-corrected chi connectivity index (χ3v) is 6.82. The van der Waals surface area contributed by atoms with Crippen molar-refractivity contribution in [1.29, 1.82) is 0 Å². The molecule has 0 bridgehead atoms. The number of piperazine rings is 1. The zero-order valence-electron chi connectivity index (χ0n) is 20.9. The number of benzene rings is 2. The molecule has 7 heteroatoms. The van der Waals surface area contributed by atoms with Crippen molar-refractivity contribution in [2.24, 2.45) is 0 Å². The number of carbonyl (C=O) groups excluding carboxylic acids is 1. The lowest BCUT2D eigenvalue weighted by atomic mass is 10.1. The van der Waals surface area contributed by atoms with Gasteiger partial charge in [0.05, 0.1) is 12.3 Å². The monoisotopic (exact) mass is 486 g/mol. The maximum atomic E-state index is 11.6. The van der Waals surface area contributed by atoms with E-state index in [0.717, 1.165) is 74.6 Å². The van der Waals surface area contributed by atoms with Gasteiger partial charge in [-0.25, -0.2) is 0 Å². The Kier molecular flexibility index (Phi) is 7.67. The summed E-state index contributed by atoms with van der Waals surface area (Å²) in [5.74, 6) is 3.06. The van der Waals surface area contributed by atoms with Crippen molar-refractivity contribution in [2.75, 3.05) is 49.5 Å². The van der Waals surface area contributed by atoms with E-state index in [9.17, 15) is 4.79 Å². The molecule has 1 saturated heterocycles. The lowest BCUT2D eigenvalue weighted by Gasteiger charge is -2.37. The minimum Gasteiger partial charge on any atom is -0.478 e. The Hall–Kier alpha value is -3.58. The van der Waals surface area contributed by atoms with Crippen LogP contribution in [0.5, 0.6) is 17.4 Å². The summed E-state index contributed by atoms with van der Waals surface area (Å²) in [7, 11) is 0. The second-order valence-corrected chi connectivity index (χ2v) is 9.43. The van der Waals surface area contributed by atoms with Crippen molar-refractivity contribution >= 4 is 17.4 Å². The Morgan fingerprint density at radius 2 is 1.75 bits per heavy atom. The van der Waals surface area contributed by atoms with Crippen LogP contribution in [0.15, 0.2) is 60.7 Å². The molecule has 0 saturated carbocycles. The molecule has 188 valence electrons. The summed E-state index contributed by atoms with van der Waals surface area (Å²) in [6, 6.07) is 20.3. The summed E-state index contributed by atoms with van der Waals surface area (Å²) in [4.78, 5) is 21.0. The van der Waals surface area contributed by atoms with E-state index in [0.29, 0.717) is 24.7 Å². The molecule has 0 spiro atoms. The Morgan fingerprint density at radius 3 is 2.58 bits per heavy atom.